The summed E-state index contributed by atoms with van der Waals surface area (Å²) in [5.41, 5.74) is 1.02. The van der Waals surface area contributed by atoms with Crippen LogP contribution < -0.4 is 10.1 Å². The minimum absolute atomic E-state index is 0.0404. The standard InChI is InChI=1S/C15H22F3NO/c1-3-19-13(8-6-10-15(16,17)18)11-12-7-4-5-9-14(12)20-2/h4-5,7,9,13,19H,3,6,8,10-11H2,1-2H3. The molecule has 0 heterocycles. The van der Waals surface area contributed by atoms with Crippen molar-refractivity contribution in [3.63, 3.8) is 0 Å². The van der Waals surface area contributed by atoms with Gasteiger partial charge in [-0.3, -0.25) is 0 Å². The largest absolute Gasteiger partial charge is 0.496 e. The molecule has 0 saturated heterocycles. The third-order valence-corrected chi connectivity index (χ3v) is 3.16. The average molecular weight is 289 g/mol. The lowest BCUT2D eigenvalue weighted by Crippen LogP contribution is -2.31. The predicted octanol–water partition coefficient (Wildman–Crippen LogP) is 3.95. The van der Waals surface area contributed by atoms with Gasteiger partial charge >= 0.3 is 6.18 Å². The Labute approximate surface area is 118 Å². The van der Waals surface area contributed by atoms with E-state index in [1.807, 2.05) is 31.2 Å². The maximum absolute atomic E-state index is 12.2. The van der Waals surface area contributed by atoms with Gasteiger partial charge in [-0.15, -0.1) is 0 Å². The Morgan fingerprint density at radius 2 is 1.95 bits per heavy atom. The van der Waals surface area contributed by atoms with Gasteiger partial charge in [0.25, 0.3) is 0 Å². The highest BCUT2D eigenvalue weighted by atomic mass is 19.4. The molecule has 0 aliphatic heterocycles. The Kier molecular flexibility index (Phi) is 6.85. The topological polar surface area (TPSA) is 21.3 Å². The van der Waals surface area contributed by atoms with E-state index in [1.165, 1.54) is 0 Å². The highest BCUT2D eigenvalue weighted by molar-refractivity contribution is 5.33. The zero-order valence-corrected chi connectivity index (χ0v) is 12.0. The molecular weight excluding hydrogens is 267 g/mol. The number of halogens is 3. The van der Waals surface area contributed by atoms with Gasteiger partial charge in [0.1, 0.15) is 5.75 Å². The van der Waals surface area contributed by atoms with Crippen molar-refractivity contribution in [1.82, 2.24) is 5.32 Å². The predicted molar refractivity (Wildman–Crippen MR) is 74.1 cm³/mol. The second kappa shape index (κ2) is 8.15. The van der Waals surface area contributed by atoms with Crippen LogP contribution in [0, 0.1) is 0 Å². The molecule has 1 aromatic rings. The fourth-order valence-corrected chi connectivity index (χ4v) is 2.25. The monoisotopic (exact) mass is 289 g/mol. The number of ether oxygens (including phenoxy) is 1. The molecule has 0 aliphatic rings. The molecule has 0 fully saturated rings. The number of rotatable bonds is 8. The van der Waals surface area contributed by atoms with Gasteiger partial charge in [-0.2, -0.15) is 13.2 Å². The summed E-state index contributed by atoms with van der Waals surface area (Å²) in [6.07, 6.45) is -3.46. The second-order valence-corrected chi connectivity index (χ2v) is 4.78. The number of nitrogens with one attached hydrogen (secondary N) is 1. The first-order valence-electron chi connectivity index (χ1n) is 6.88. The van der Waals surface area contributed by atoms with Crippen LogP contribution in [0.5, 0.6) is 5.75 Å². The van der Waals surface area contributed by atoms with E-state index in [9.17, 15) is 13.2 Å². The molecular formula is C15H22F3NO. The summed E-state index contributed by atoms with van der Waals surface area (Å²) < 4.78 is 41.9. The van der Waals surface area contributed by atoms with Gasteiger partial charge in [0.05, 0.1) is 7.11 Å². The van der Waals surface area contributed by atoms with Gasteiger partial charge in [0.2, 0.25) is 0 Å². The van der Waals surface area contributed by atoms with E-state index < -0.39 is 12.6 Å². The van der Waals surface area contributed by atoms with Crippen molar-refractivity contribution in [2.24, 2.45) is 0 Å². The Morgan fingerprint density at radius 1 is 1.25 bits per heavy atom. The molecule has 1 aromatic carbocycles. The Bertz CT molecular complexity index is 393. The lowest BCUT2D eigenvalue weighted by molar-refractivity contribution is -0.135. The summed E-state index contributed by atoms with van der Waals surface area (Å²) in [7, 11) is 1.60. The minimum Gasteiger partial charge on any atom is -0.496 e. The zero-order chi connectivity index (χ0) is 15.0. The molecule has 0 aliphatic carbocycles. The van der Waals surface area contributed by atoms with Gasteiger partial charge in [-0.25, -0.2) is 0 Å². The van der Waals surface area contributed by atoms with Crippen LogP contribution in [-0.4, -0.2) is 25.9 Å². The van der Waals surface area contributed by atoms with Crippen LogP contribution >= 0.6 is 0 Å². The molecule has 5 heteroatoms. The number of likely N-dealkylation sites (N-methyl/N-ethyl adjacent to an activating group) is 1. The van der Waals surface area contributed by atoms with Gasteiger partial charge in [-0.1, -0.05) is 25.1 Å². The summed E-state index contributed by atoms with van der Waals surface area (Å²) in [5.74, 6) is 0.784. The Balaban J connectivity index is 2.57. The number of methoxy groups -OCH3 is 1. The first kappa shape index (κ1) is 16.8. The van der Waals surface area contributed by atoms with E-state index in [0.717, 1.165) is 17.9 Å². The molecule has 20 heavy (non-hydrogen) atoms. The molecule has 1 N–H and O–H groups in total. The van der Waals surface area contributed by atoms with Crippen LogP contribution in [0.1, 0.15) is 31.7 Å². The Hall–Kier alpha value is -1.23. The van der Waals surface area contributed by atoms with E-state index in [0.29, 0.717) is 12.8 Å². The number of alkyl halides is 3. The van der Waals surface area contributed by atoms with E-state index in [1.54, 1.807) is 7.11 Å². The van der Waals surface area contributed by atoms with Gasteiger partial charge in [0, 0.05) is 12.5 Å². The number of hydrogen-bond donors (Lipinski definition) is 1. The van der Waals surface area contributed by atoms with E-state index in [2.05, 4.69) is 5.32 Å². The molecule has 114 valence electrons. The van der Waals surface area contributed by atoms with Crippen molar-refractivity contribution in [3.05, 3.63) is 29.8 Å². The van der Waals surface area contributed by atoms with Crippen LogP contribution in [0.15, 0.2) is 24.3 Å². The molecule has 1 atom stereocenters. The summed E-state index contributed by atoms with van der Waals surface area (Å²) in [5, 5.41) is 3.25. The van der Waals surface area contributed by atoms with Gasteiger partial charge in [0.15, 0.2) is 0 Å². The minimum atomic E-state index is -4.07. The molecule has 0 spiro atoms. The molecule has 0 aromatic heterocycles. The van der Waals surface area contributed by atoms with Crippen LogP contribution in [-0.2, 0) is 6.42 Å². The molecule has 0 radical (unpaired) electrons. The van der Waals surface area contributed by atoms with Crippen molar-refractivity contribution in [1.29, 1.82) is 0 Å². The van der Waals surface area contributed by atoms with Crippen molar-refractivity contribution in [3.8, 4) is 5.75 Å². The molecule has 0 bridgehead atoms. The fraction of sp³-hybridized carbons (Fsp3) is 0.600. The number of benzene rings is 1. The molecule has 2 nitrogen and oxygen atoms in total. The van der Waals surface area contributed by atoms with Gasteiger partial charge < -0.3 is 10.1 Å². The average Bonchev–Trinajstić information content (AvgIpc) is 2.38. The first-order chi connectivity index (χ1) is 9.46. The van der Waals surface area contributed by atoms with Gasteiger partial charge in [-0.05, 0) is 37.4 Å². The lowest BCUT2D eigenvalue weighted by atomic mass is 10.00. The molecule has 1 rings (SSSR count). The molecule has 0 amide bonds. The molecule has 0 saturated carbocycles. The van der Waals surface area contributed by atoms with E-state index in [-0.39, 0.29) is 12.5 Å². The van der Waals surface area contributed by atoms with Crippen molar-refractivity contribution in [2.45, 2.75) is 44.8 Å². The highest BCUT2D eigenvalue weighted by Gasteiger charge is 2.26. The molecule has 1 unspecified atom stereocenters. The maximum atomic E-state index is 12.2. The van der Waals surface area contributed by atoms with Crippen LogP contribution in [0.25, 0.3) is 0 Å². The van der Waals surface area contributed by atoms with Crippen LogP contribution in [0.3, 0.4) is 0 Å². The fourth-order valence-electron chi connectivity index (χ4n) is 2.25. The van der Waals surface area contributed by atoms with Crippen LogP contribution in [0.4, 0.5) is 13.2 Å². The van der Waals surface area contributed by atoms with E-state index in [4.69, 9.17) is 4.74 Å². The zero-order valence-electron chi connectivity index (χ0n) is 12.0. The maximum Gasteiger partial charge on any atom is 0.389 e. The third kappa shape index (κ3) is 6.28. The summed E-state index contributed by atoms with van der Waals surface area (Å²) in [4.78, 5) is 0. The SMILES string of the molecule is CCNC(CCCC(F)(F)F)Cc1ccccc1OC. The lowest BCUT2D eigenvalue weighted by Gasteiger charge is -2.19. The smallest absolute Gasteiger partial charge is 0.389 e. The summed E-state index contributed by atoms with van der Waals surface area (Å²) in [6.45, 7) is 2.70. The van der Waals surface area contributed by atoms with Crippen molar-refractivity contribution in [2.75, 3.05) is 13.7 Å². The van der Waals surface area contributed by atoms with Crippen molar-refractivity contribution < 1.29 is 17.9 Å². The normalized spacial score (nSPS) is 13.2. The van der Waals surface area contributed by atoms with Crippen LogP contribution in [0.2, 0.25) is 0 Å². The highest BCUT2D eigenvalue weighted by Crippen LogP contribution is 2.24. The number of para-hydroxylation sites is 1. The van der Waals surface area contributed by atoms with E-state index >= 15 is 0 Å². The Morgan fingerprint density at radius 3 is 2.55 bits per heavy atom. The second-order valence-electron chi connectivity index (χ2n) is 4.78. The first-order valence-corrected chi connectivity index (χ1v) is 6.88. The summed E-state index contributed by atoms with van der Waals surface area (Å²) >= 11 is 0. The van der Waals surface area contributed by atoms with Crippen molar-refractivity contribution >= 4 is 0 Å². The number of hydrogen-bond acceptors (Lipinski definition) is 2. The third-order valence-electron chi connectivity index (χ3n) is 3.16. The summed E-state index contributed by atoms with van der Waals surface area (Å²) in [6, 6.07) is 7.66. The quantitative estimate of drug-likeness (QED) is 0.782.